The molecule has 5 heteroatoms. The van der Waals surface area contributed by atoms with Gasteiger partial charge in [-0.3, -0.25) is 0 Å². The second-order valence-electron chi connectivity index (χ2n) is 12.2. The average Bonchev–Trinajstić information content (AvgIpc) is 3.41. The Balaban J connectivity index is 1.56. The first kappa shape index (κ1) is 26.0. The summed E-state index contributed by atoms with van der Waals surface area (Å²) in [5.41, 5.74) is 16.3. The summed E-state index contributed by atoms with van der Waals surface area (Å²) in [5, 5.41) is 0. The Morgan fingerprint density at radius 1 is 0.650 bits per heavy atom. The van der Waals surface area contributed by atoms with E-state index in [4.69, 9.17) is 20.9 Å². The third-order valence-electron chi connectivity index (χ3n) is 9.39. The summed E-state index contributed by atoms with van der Waals surface area (Å²) in [6.07, 6.45) is 3.94. The SMILES string of the molecule is Cc1cc(C)c(-c2ccc3c4c2OP(O)(=S)Oc2c(-c5c(C)cc(C)cc5C)ccc5c2C4(CC3)CC5)c(C)c1. The molecule has 0 saturated heterocycles. The Labute approximate surface area is 242 Å². The van der Waals surface area contributed by atoms with Crippen LogP contribution in [-0.4, -0.2) is 4.89 Å². The third-order valence-corrected chi connectivity index (χ3v) is 10.7. The minimum absolute atomic E-state index is 0.226. The molecule has 7 rings (SSSR count). The van der Waals surface area contributed by atoms with E-state index in [9.17, 15) is 4.89 Å². The maximum atomic E-state index is 11.8. The van der Waals surface area contributed by atoms with Gasteiger partial charge in [-0.1, -0.05) is 59.7 Å². The molecule has 3 aliphatic rings. The molecule has 4 aromatic rings. The summed E-state index contributed by atoms with van der Waals surface area (Å²) >= 11 is 5.81. The van der Waals surface area contributed by atoms with Gasteiger partial charge in [0.1, 0.15) is 11.5 Å². The second kappa shape index (κ2) is 8.79. The molecule has 4 aromatic carbocycles. The Bertz CT molecular complexity index is 1640. The van der Waals surface area contributed by atoms with Gasteiger partial charge in [0.05, 0.1) is 0 Å². The van der Waals surface area contributed by atoms with Crippen molar-refractivity contribution in [1.29, 1.82) is 0 Å². The van der Waals surface area contributed by atoms with Crippen LogP contribution in [0.25, 0.3) is 22.3 Å². The summed E-state index contributed by atoms with van der Waals surface area (Å²) in [7, 11) is 0. The van der Waals surface area contributed by atoms with Crippen molar-refractivity contribution in [3.8, 4) is 33.8 Å². The van der Waals surface area contributed by atoms with E-state index in [0.29, 0.717) is 0 Å². The van der Waals surface area contributed by atoms with Crippen molar-refractivity contribution in [2.24, 2.45) is 0 Å². The fourth-order valence-corrected chi connectivity index (χ4v) is 9.53. The molecule has 0 atom stereocenters. The quantitative estimate of drug-likeness (QED) is 0.246. The largest absolute Gasteiger partial charge is 0.432 e. The molecule has 1 heterocycles. The number of hydrogen-bond donors (Lipinski definition) is 1. The van der Waals surface area contributed by atoms with Gasteiger partial charge in [-0.2, -0.15) is 0 Å². The lowest BCUT2D eigenvalue weighted by atomic mass is 9.74. The van der Waals surface area contributed by atoms with E-state index >= 15 is 0 Å². The summed E-state index contributed by atoms with van der Waals surface area (Å²) in [4.78, 5) is 11.8. The fourth-order valence-electron chi connectivity index (χ4n) is 8.20. The van der Waals surface area contributed by atoms with Gasteiger partial charge < -0.3 is 13.9 Å². The lowest BCUT2D eigenvalue weighted by Crippen LogP contribution is -2.25. The first-order valence-electron chi connectivity index (χ1n) is 14.2. The molecule has 40 heavy (non-hydrogen) atoms. The number of aryl methyl sites for hydroxylation is 8. The van der Waals surface area contributed by atoms with Crippen LogP contribution in [0.15, 0.2) is 48.5 Å². The maximum Gasteiger partial charge on any atom is 0.432 e. The van der Waals surface area contributed by atoms with E-state index in [-0.39, 0.29) is 5.41 Å². The van der Waals surface area contributed by atoms with Gasteiger partial charge >= 0.3 is 6.72 Å². The first-order valence-corrected chi connectivity index (χ1v) is 16.8. The van der Waals surface area contributed by atoms with Gasteiger partial charge in [0, 0.05) is 39.5 Å². The van der Waals surface area contributed by atoms with Crippen LogP contribution in [0, 0.1) is 41.5 Å². The van der Waals surface area contributed by atoms with Crippen LogP contribution in [0.4, 0.5) is 0 Å². The normalized spacial score (nSPS) is 17.4. The predicted octanol–water partition coefficient (Wildman–Crippen LogP) is 9.04. The number of hydrogen-bond acceptors (Lipinski definition) is 3. The van der Waals surface area contributed by atoms with Crippen LogP contribution in [-0.2, 0) is 30.1 Å². The van der Waals surface area contributed by atoms with Crippen molar-refractivity contribution in [3.63, 3.8) is 0 Å². The predicted molar refractivity (Wildman–Crippen MR) is 167 cm³/mol. The van der Waals surface area contributed by atoms with Gasteiger partial charge in [0.15, 0.2) is 0 Å². The van der Waals surface area contributed by atoms with E-state index < -0.39 is 6.72 Å². The molecule has 0 unspecified atom stereocenters. The molecule has 0 aromatic heterocycles. The molecular weight excluding hydrogens is 531 g/mol. The van der Waals surface area contributed by atoms with Crippen molar-refractivity contribution < 1.29 is 13.9 Å². The summed E-state index contributed by atoms with van der Waals surface area (Å²) in [5.74, 6) is 1.45. The van der Waals surface area contributed by atoms with Crippen molar-refractivity contribution in [2.75, 3.05) is 0 Å². The minimum Gasteiger partial charge on any atom is -0.415 e. The summed E-state index contributed by atoms with van der Waals surface area (Å²) in [6.45, 7) is 9.17. The Morgan fingerprint density at radius 2 is 1.02 bits per heavy atom. The number of benzene rings is 4. The third kappa shape index (κ3) is 3.69. The van der Waals surface area contributed by atoms with Gasteiger partial charge in [0.2, 0.25) is 0 Å². The van der Waals surface area contributed by atoms with Crippen LogP contribution < -0.4 is 9.05 Å². The molecule has 1 aliphatic heterocycles. The van der Waals surface area contributed by atoms with Gasteiger partial charge in [-0.05, 0) is 112 Å². The van der Waals surface area contributed by atoms with Crippen LogP contribution in [0.1, 0.15) is 68.5 Å². The smallest absolute Gasteiger partial charge is 0.415 e. The molecule has 0 amide bonds. The monoisotopic (exact) mass is 566 g/mol. The van der Waals surface area contributed by atoms with Crippen molar-refractivity contribution >= 4 is 18.5 Å². The molecular formula is C35H35O3PS. The van der Waals surface area contributed by atoms with E-state index in [2.05, 4.69) is 90.1 Å². The molecule has 0 bridgehead atoms. The lowest BCUT2D eigenvalue weighted by molar-refractivity contribution is 0.356. The second-order valence-corrected chi connectivity index (χ2v) is 14.9. The topological polar surface area (TPSA) is 38.7 Å². The summed E-state index contributed by atoms with van der Waals surface area (Å²) in [6, 6.07) is 17.8. The van der Waals surface area contributed by atoms with Gasteiger partial charge in [-0.25, -0.2) is 0 Å². The Kier molecular flexibility index (Phi) is 5.72. The van der Waals surface area contributed by atoms with Gasteiger partial charge in [0.25, 0.3) is 0 Å². The molecule has 0 radical (unpaired) electrons. The minimum atomic E-state index is -3.70. The Hall–Kier alpha value is -2.91. The van der Waals surface area contributed by atoms with Crippen molar-refractivity contribution in [2.45, 2.75) is 72.6 Å². The van der Waals surface area contributed by atoms with E-state index in [1.165, 1.54) is 55.6 Å². The molecule has 204 valence electrons. The van der Waals surface area contributed by atoms with Crippen molar-refractivity contribution in [1.82, 2.24) is 0 Å². The van der Waals surface area contributed by atoms with Gasteiger partial charge in [-0.15, -0.1) is 0 Å². The maximum absolute atomic E-state index is 11.8. The summed E-state index contributed by atoms with van der Waals surface area (Å²) < 4.78 is 13.2. The molecule has 0 fully saturated rings. The van der Waals surface area contributed by atoms with E-state index in [1.54, 1.807) is 0 Å². The van der Waals surface area contributed by atoms with E-state index in [1.807, 2.05) is 0 Å². The van der Waals surface area contributed by atoms with Crippen LogP contribution >= 0.6 is 6.72 Å². The zero-order chi connectivity index (χ0) is 28.1. The highest BCUT2D eigenvalue weighted by Crippen LogP contribution is 2.65. The van der Waals surface area contributed by atoms with Crippen LogP contribution in [0.2, 0.25) is 0 Å². The first-order chi connectivity index (χ1) is 19.0. The molecule has 2 aliphatic carbocycles. The number of rotatable bonds is 2. The standard InChI is InChI=1S/C35H35O3PS/c1-19-15-21(3)29(22(4)16-19)27-9-7-25-11-13-35-14-12-26-8-10-28(30-23(5)17-20(2)18-24(30)6)34(32(26)35)38-39(36,40)37-33(27)31(25)35/h7-10,15-18H,11-14H2,1-6H3,(H,36,40). The fraction of sp³-hybridized carbons (Fsp3) is 0.314. The highest BCUT2D eigenvalue weighted by Gasteiger charge is 2.52. The molecule has 1 spiro atoms. The zero-order valence-electron chi connectivity index (χ0n) is 24.1. The molecule has 1 N–H and O–H groups in total. The zero-order valence-corrected chi connectivity index (χ0v) is 25.8. The lowest BCUT2D eigenvalue weighted by Gasteiger charge is -2.36. The van der Waals surface area contributed by atoms with E-state index in [0.717, 1.165) is 59.4 Å². The molecule has 3 nitrogen and oxygen atoms in total. The average molecular weight is 567 g/mol. The van der Waals surface area contributed by atoms with Crippen LogP contribution in [0.3, 0.4) is 0 Å². The van der Waals surface area contributed by atoms with Crippen molar-refractivity contribution in [3.05, 3.63) is 104 Å². The highest BCUT2D eigenvalue weighted by atomic mass is 32.5. The highest BCUT2D eigenvalue weighted by molar-refractivity contribution is 8.07. The molecule has 0 saturated carbocycles. The Morgan fingerprint density at radius 3 is 1.40 bits per heavy atom. The van der Waals surface area contributed by atoms with Crippen LogP contribution in [0.5, 0.6) is 11.5 Å².